The second-order valence-electron chi connectivity index (χ2n) is 6.48. The number of halogens is 1. The van der Waals surface area contributed by atoms with Crippen molar-refractivity contribution in [1.29, 1.82) is 0 Å². The van der Waals surface area contributed by atoms with Crippen LogP contribution in [0.5, 0.6) is 0 Å². The van der Waals surface area contributed by atoms with E-state index in [0.717, 1.165) is 21.2 Å². The van der Waals surface area contributed by atoms with Gasteiger partial charge in [0.05, 0.1) is 11.2 Å². The van der Waals surface area contributed by atoms with Crippen molar-refractivity contribution in [3.63, 3.8) is 0 Å². The minimum absolute atomic E-state index is 0.957. The Morgan fingerprint density at radius 3 is 2.30 bits per heavy atom. The maximum atomic E-state index is 4.96. The Morgan fingerprint density at radius 2 is 1.48 bits per heavy atom. The second-order valence-corrected chi connectivity index (χ2v) is 7.39. The van der Waals surface area contributed by atoms with Crippen molar-refractivity contribution < 1.29 is 0 Å². The molecular formula is C24H15BrN2. The van der Waals surface area contributed by atoms with Gasteiger partial charge in [0.25, 0.3) is 0 Å². The van der Waals surface area contributed by atoms with Gasteiger partial charge < -0.3 is 0 Å². The molecule has 0 aliphatic carbocycles. The summed E-state index contributed by atoms with van der Waals surface area (Å²) < 4.78 is 1.07. The van der Waals surface area contributed by atoms with Gasteiger partial charge in [0, 0.05) is 27.8 Å². The van der Waals surface area contributed by atoms with Gasteiger partial charge in [-0.25, -0.2) is 4.98 Å². The molecule has 0 aliphatic heterocycles. The van der Waals surface area contributed by atoms with E-state index >= 15 is 0 Å². The van der Waals surface area contributed by atoms with E-state index in [2.05, 4.69) is 87.6 Å². The minimum Gasteiger partial charge on any atom is -0.265 e. The monoisotopic (exact) mass is 410 g/mol. The summed E-state index contributed by atoms with van der Waals surface area (Å²) >= 11 is 3.54. The van der Waals surface area contributed by atoms with E-state index in [-0.39, 0.29) is 0 Å². The van der Waals surface area contributed by atoms with Crippen LogP contribution in [0.3, 0.4) is 0 Å². The Kier molecular flexibility index (Phi) is 3.95. The Balaban J connectivity index is 1.90. The molecule has 2 nitrogen and oxygen atoms in total. The Bertz CT molecular complexity index is 1260. The van der Waals surface area contributed by atoms with Gasteiger partial charge in [0.15, 0.2) is 0 Å². The normalized spacial score (nSPS) is 11.1. The molecule has 5 aromatic rings. The number of fused-ring (bicyclic) bond motifs is 3. The minimum atomic E-state index is 0.957. The molecule has 0 bridgehead atoms. The van der Waals surface area contributed by atoms with E-state index in [1.165, 1.54) is 27.3 Å². The summed E-state index contributed by atoms with van der Waals surface area (Å²) in [5.74, 6) is 0. The van der Waals surface area contributed by atoms with E-state index < -0.39 is 0 Å². The van der Waals surface area contributed by atoms with Gasteiger partial charge in [-0.05, 0) is 58.3 Å². The van der Waals surface area contributed by atoms with Crippen LogP contribution in [0.4, 0.5) is 0 Å². The Hall–Kier alpha value is -3.04. The molecule has 3 aromatic carbocycles. The lowest BCUT2D eigenvalue weighted by atomic mass is 9.95. The van der Waals surface area contributed by atoms with Crippen molar-refractivity contribution >= 4 is 37.6 Å². The van der Waals surface area contributed by atoms with Crippen molar-refractivity contribution in [1.82, 2.24) is 9.97 Å². The molecule has 0 aliphatic rings. The summed E-state index contributed by atoms with van der Waals surface area (Å²) in [6.07, 6.45) is 3.61. The van der Waals surface area contributed by atoms with Crippen LogP contribution in [0, 0.1) is 0 Å². The number of rotatable bonds is 2. The molecule has 0 spiro atoms. The lowest BCUT2D eigenvalue weighted by molar-refractivity contribution is 1.31. The van der Waals surface area contributed by atoms with Crippen LogP contribution in [0.2, 0.25) is 0 Å². The van der Waals surface area contributed by atoms with Crippen molar-refractivity contribution in [2.24, 2.45) is 0 Å². The quantitative estimate of drug-likeness (QED) is 0.296. The number of benzene rings is 3. The molecule has 0 saturated heterocycles. The molecule has 128 valence electrons. The van der Waals surface area contributed by atoms with Crippen LogP contribution >= 0.6 is 15.9 Å². The van der Waals surface area contributed by atoms with E-state index in [9.17, 15) is 0 Å². The molecule has 0 amide bonds. The van der Waals surface area contributed by atoms with Gasteiger partial charge >= 0.3 is 0 Å². The van der Waals surface area contributed by atoms with Crippen molar-refractivity contribution in [3.05, 3.63) is 95.7 Å². The fourth-order valence-electron chi connectivity index (χ4n) is 3.53. The Labute approximate surface area is 165 Å². The van der Waals surface area contributed by atoms with Crippen LogP contribution in [-0.4, -0.2) is 9.97 Å². The molecule has 0 N–H and O–H groups in total. The number of aromatic nitrogens is 2. The first-order chi connectivity index (χ1) is 13.3. The van der Waals surface area contributed by atoms with Crippen LogP contribution in [0.15, 0.2) is 95.7 Å². The molecular weight excluding hydrogens is 396 g/mol. The van der Waals surface area contributed by atoms with E-state index in [1.807, 2.05) is 12.1 Å². The fraction of sp³-hybridized carbons (Fsp3) is 0. The molecule has 3 heteroatoms. The highest BCUT2D eigenvalue weighted by molar-refractivity contribution is 9.10. The van der Waals surface area contributed by atoms with Crippen molar-refractivity contribution in [3.8, 4) is 22.4 Å². The van der Waals surface area contributed by atoms with Crippen molar-refractivity contribution in [2.45, 2.75) is 0 Å². The zero-order valence-corrected chi connectivity index (χ0v) is 16.0. The fourth-order valence-corrected chi connectivity index (χ4v) is 3.80. The first kappa shape index (κ1) is 16.2. The smallest absolute Gasteiger partial charge is 0.0722 e. The van der Waals surface area contributed by atoms with Crippen LogP contribution < -0.4 is 0 Å². The highest BCUT2D eigenvalue weighted by Crippen LogP contribution is 2.36. The summed E-state index contributed by atoms with van der Waals surface area (Å²) in [6.45, 7) is 0. The molecule has 5 rings (SSSR count). The number of hydrogen-bond donors (Lipinski definition) is 0. The first-order valence-corrected chi connectivity index (χ1v) is 9.58. The average Bonchev–Trinajstić information content (AvgIpc) is 2.74. The zero-order valence-electron chi connectivity index (χ0n) is 14.4. The predicted molar refractivity (Wildman–Crippen MR) is 116 cm³/mol. The molecule has 2 aromatic heterocycles. The average molecular weight is 411 g/mol. The SMILES string of the molecule is Brc1ccc(-c2cc(-c3ccncc3)nc3ccc4ccccc4c23)cc1. The van der Waals surface area contributed by atoms with Gasteiger partial charge in [0.1, 0.15) is 0 Å². The standard InChI is InChI=1S/C24H15BrN2/c25-19-8-5-17(6-9-19)21-15-23(18-11-13-26-14-12-18)27-22-10-7-16-3-1-2-4-20(16)24(21)22/h1-15H. The highest BCUT2D eigenvalue weighted by Gasteiger charge is 2.12. The van der Waals surface area contributed by atoms with E-state index in [1.54, 1.807) is 12.4 Å². The summed E-state index contributed by atoms with van der Waals surface area (Å²) in [6, 6.07) is 27.4. The molecule has 0 radical (unpaired) electrons. The van der Waals surface area contributed by atoms with Crippen molar-refractivity contribution in [2.75, 3.05) is 0 Å². The van der Waals surface area contributed by atoms with Crippen LogP contribution in [0.25, 0.3) is 44.1 Å². The molecule has 0 unspecified atom stereocenters. The number of nitrogens with zero attached hydrogens (tertiary/aromatic N) is 2. The molecule has 0 atom stereocenters. The van der Waals surface area contributed by atoms with Crippen LogP contribution in [-0.2, 0) is 0 Å². The Morgan fingerprint density at radius 1 is 0.704 bits per heavy atom. The maximum Gasteiger partial charge on any atom is 0.0722 e. The third-order valence-electron chi connectivity index (χ3n) is 4.83. The number of pyridine rings is 2. The summed E-state index contributed by atoms with van der Waals surface area (Å²) in [4.78, 5) is 9.09. The molecule has 2 heterocycles. The lowest BCUT2D eigenvalue weighted by Gasteiger charge is -2.13. The predicted octanol–water partition coefficient (Wildman–Crippen LogP) is 6.88. The van der Waals surface area contributed by atoms with Gasteiger partial charge in [-0.3, -0.25) is 4.98 Å². The third-order valence-corrected chi connectivity index (χ3v) is 5.36. The van der Waals surface area contributed by atoms with E-state index in [0.29, 0.717) is 0 Å². The molecule has 0 fully saturated rings. The maximum absolute atomic E-state index is 4.96. The number of hydrogen-bond acceptors (Lipinski definition) is 2. The van der Waals surface area contributed by atoms with Gasteiger partial charge in [-0.1, -0.05) is 58.4 Å². The van der Waals surface area contributed by atoms with Gasteiger partial charge in [-0.15, -0.1) is 0 Å². The summed E-state index contributed by atoms with van der Waals surface area (Å²) in [5.41, 5.74) is 5.39. The largest absolute Gasteiger partial charge is 0.265 e. The first-order valence-electron chi connectivity index (χ1n) is 8.78. The third kappa shape index (κ3) is 2.90. The zero-order chi connectivity index (χ0) is 18.2. The van der Waals surface area contributed by atoms with Gasteiger partial charge in [-0.2, -0.15) is 0 Å². The van der Waals surface area contributed by atoms with E-state index in [4.69, 9.17) is 4.98 Å². The summed E-state index contributed by atoms with van der Waals surface area (Å²) in [7, 11) is 0. The molecule has 27 heavy (non-hydrogen) atoms. The summed E-state index contributed by atoms with van der Waals surface area (Å²) in [5, 5.41) is 3.64. The van der Waals surface area contributed by atoms with Crippen LogP contribution in [0.1, 0.15) is 0 Å². The topological polar surface area (TPSA) is 25.8 Å². The molecule has 0 saturated carbocycles. The van der Waals surface area contributed by atoms with Gasteiger partial charge in [0.2, 0.25) is 0 Å². The highest BCUT2D eigenvalue weighted by atomic mass is 79.9. The second kappa shape index (κ2) is 6.60. The lowest BCUT2D eigenvalue weighted by Crippen LogP contribution is -1.91.